The van der Waals surface area contributed by atoms with Crippen LogP contribution in [0.5, 0.6) is 0 Å². The summed E-state index contributed by atoms with van der Waals surface area (Å²) in [4.78, 5) is 104. The van der Waals surface area contributed by atoms with Crippen LogP contribution in [0.15, 0.2) is 30.3 Å². The number of Topliss-reactive ketones (excluding diaryl/α,β-unsaturated/α-hetero) is 3. The van der Waals surface area contributed by atoms with E-state index < -0.39 is 134 Å². The number of rotatable bonds is 29. The van der Waals surface area contributed by atoms with Gasteiger partial charge in [0.2, 0.25) is 23.6 Å². The minimum Gasteiger partial charge on any atom is -0.481 e. The molecule has 0 heterocycles. The van der Waals surface area contributed by atoms with Crippen molar-refractivity contribution in [2.75, 3.05) is 33.4 Å². The molecular weight excluding hydrogens is 736 g/mol. The highest BCUT2D eigenvalue weighted by atomic mass is 16.4. The molecule has 1 rings (SSSR count). The summed E-state index contributed by atoms with van der Waals surface area (Å²) in [5.74, 6) is -10.5. The van der Waals surface area contributed by atoms with E-state index >= 15 is 0 Å². The topological polar surface area (TPSA) is 343 Å². The minimum atomic E-state index is -1.70. The van der Waals surface area contributed by atoms with Crippen LogP contribution in [-0.2, 0) is 44.8 Å². The first-order valence-electron chi connectivity index (χ1n) is 18.4. The van der Waals surface area contributed by atoms with E-state index in [9.17, 15) is 58.8 Å². The molecule has 0 radical (unpaired) electrons. The Labute approximate surface area is 325 Å². The zero-order valence-corrected chi connectivity index (χ0v) is 31.9. The number of primary amides is 1. The van der Waals surface area contributed by atoms with Crippen molar-refractivity contribution in [3.63, 3.8) is 0 Å². The van der Waals surface area contributed by atoms with E-state index in [1.165, 1.54) is 0 Å². The third-order valence-corrected chi connectivity index (χ3v) is 9.38. The third kappa shape index (κ3) is 16.6. The predicted octanol–water partition coefficient (Wildman–Crippen LogP) is -3.08. The molecule has 0 bridgehead atoms. The fraction of sp³-hybridized carbons (Fsp3) is 0.622. The van der Waals surface area contributed by atoms with Gasteiger partial charge in [0, 0.05) is 50.5 Å². The van der Waals surface area contributed by atoms with Crippen LogP contribution in [0.4, 0.5) is 0 Å². The normalized spacial score (nSPS) is 15.5. The molecule has 13 N–H and O–H groups in total. The van der Waals surface area contributed by atoms with Gasteiger partial charge in [0.25, 0.3) is 0 Å². The van der Waals surface area contributed by atoms with Gasteiger partial charge in [-0.15, -0.1) is 0 Å². The van der Waals surface area contributed by atoms with Crippen LogP contribution < -0.4 is 27.8 Å². The second-order valence-corrected chi connectivity index (χ2v) is 13.8. The molecule has 0 saturated carbocycles. The molecule has 0 aliphatic heterocycles. The Hall–Kier alpha value is -4.66. The molecule has 8 atom stereocenters. The van der Waals surface area contributed by atoms with Crippen LogP contribution in [-0.4, -0.2) is 141 Å². The van der Waals surface area contributed by atoms with E-state index in [4.69, 9.17) is 22.3 Å². The second kappa shape index (κ2) is 25.5. The number of hydrogen-bond acceptors (Lipinski definition) is 14. The van der Waals surface area contributed by atoms with Gasteiger partial charge >= 0.3 is 5.97 Å². The van der Waals surface area contributed by atoms with Crippen molar-refractivity contribution in [3.05, 3.63) is 35.9 Å². The first kappa shape index (κ1) is 49.4. The molecule has 56 heavy (non-hydrogen) atoms. The number of aliphatic carboxylic acids is 1. The Kier molecular flexibility index (Phi) is 22.5. The molecule has 1 aromatic rings. The summed E-state index contributed by atoms with van der Waals surface area (Å²) >= 11 is 0. The largest absolute Gasteiger partial charge is 0.481 e. The van der Waals surface area contributed by atoms with Crippen LogP contribution in [0, 0.1) is 17.8 Å². The zero-order valence-electron chi connectivity index (χ0n) is 31.9. The highest BCUT2D eigenvalue weighted by molar-refractivity contribution is 5.97. The van der Waals surface area contributed by atoms with E-state index in [1.54, 1.807) is 30.3 Å². The highest BCUT2D eigenvalue weighted by Crippen LogP contribution is 2.20. The summed E-state index contributed by atoms with van der Waals surface area (Å²) in [5, 5.41) is 53.8. The Morgan fingerprint density at radius 2 is 1.29 bits per heavy atom. The molecule has 0 aliphatic rings. The molecule has 0 aromatic heterocycles. The minimum absolute atomic E-state index is 0.0784. The summed E-state index contributed by atoms with van der Waals surface area (Å²) in [5.41, 5.74) is 17.4. The average molecular weight is 795 g/mol. The predicted molar refractivity (Wildman–Crippen MR) is 200 cm³/mol. The number of hydrogen-bond donors (Lipinski definition) is 10. The summed E-state index contributed by atoms with van der Waals surface area (Å²) in [6.45, 7) is -1.10. The van der Waals surface area contributed by atoms with Gasteiger partial charge in [-0.05, 0) is 44.7 Å². The fourth-order valence-electron chi connectivity index (χ4n) is 6.06. The fourth-order valence-corrected chi connectivity index (χ4v) is 6.06. The number of carboxylic acid groups (broad SMARTS) is 1. The van der Waals surface area contributed by atoms with Gasteiger partial charge in [0.05, 0.1) is 32.0 Å². The number of carboxylic acids is 1. The standard InChI is InChI=1S/C37H58N6O13/c1-21(47)33(43(2)37(56)24(11-12-32(51)52)16-29(48)26(39)18-44)36(55)42-28(20-46)30(49)15-23(10-6-7-13-38)35(54)41-27(19-45)31(50)17-25(34(40)53)14-22-8-4-3-5-9-22/h3-5,8-9,21,23-28,33,44-47H,6-7,10-20,38-39H2,1-2H3,(H2,40,53)(H,41,54)(H,42,55)(H,51,52)/t21?,23-,24-,25-,26+,27+,28+,33+/m1/s1. The van der Waals surface area contributed by atoms with Crippen molar-refractivity contribution >= 4 is 46.9 Å². The number of ketones is 3. The molecule has 314 valence electrons. The number of nitrogens with zero attached hydrogens (tertiary/aromatic N) is 1. The molecule has 19 nitrogen and oxygen atoms in total. The molecule has 1 aromatic carbocycles. The molecule has 0 aliphatic carbocycles. The number of aliphatic hydroxyl groups is 4. The first-order valence-corrected chi connectivity index (χ1v) is 18.4. The van der Waals surface area contributed by atoms with E-state index in [1.807, 2.05) is 0 Å². The number of benzene rings is 1. The Balaban J connectivity index is 3.18. The maximum Gasteiger partial charge on any atom is 0.303 e. The third-order valence-electron chi connectivity index (χ3n) is 9.38. The van der Waals surface area contributed by atoms with Crippen LogP contribution in [0.3, 0.4) is 0 Å². The van der Waals surface area contributed by atoms with Crippen molar-refractivity contribution < 1.29 is 63.9 Å². The maximum atomic E-state index is 13.5. The molecule has 0 spiro atoms. The Bertz CT molecular complexity index is 1480. The van der Waals surface area contributed by atoms with Crippen LogP contribution in [0.1, 0.15) is 63.9 Å². The molecule has 19 heteroatoms. The van der Waals surface area contributed by atoms with Crippen LogP contribution >= 0.6 is 0 Å². The van der Waals surface area contributed by atoms with Crippen molar-refractivity contribution in [1.29, 1.82) is 0 Å². The quantitative estimate of drug-likeness (QED) is 0.0360. The summed E-state index contributed by atoms with van der Waals surface area (Å²) in [6, 6.07) is 2.64. The summed E-state index contributed by atoms with van der Waals surface area (Å²) in [7, 11) is 1.11. The summed E-state index contributed by atoms with van der Waals surface area (Å²) < 4.78 is 0. The Morgan fingerprint density at radius 3 is 1.77 bits per heavy atom. The smallest absolute Gasteiger partial charge is 0.303 e. The van der Waals surface area contributed by atoms with Crippen LogP contribution in [0.2, 0.25) is 0 Å². The summed E-state index contributed by atoms with van der Waals surface area (Å²) in [6.07, 6.45) is -2.94. The van der Waals surface area contributed by atoms with E-state index in [2.05, 4.69) is 10.6 Å². The van der Waals surface area contributed by atoms with Gasteiger partial charge in [-0.1, -0.05) is 36.8 Å². The number of likely N-dealkylation sites (N-methyl/N-ethyl adjacent to an activating group) is 1. The van der Waals surface area contributed by atoms with Crippen molar-refractivity contribution in [2.24, 2.45) is 35.0 Å². The van der Waals surface area contributed by atoms with Crippen molar-refractivity contribution in [3.8, 4) is 0 Å². The maximum absolute atomic E-state index is 13.5. The van der Waals surface area contributed by atoms with Crippen LogP contribution in [0.25, 0.3) is 0 Å². The van der Waals surface area contributed by atoms with Crippen molar-refractivity contribution in [1.82, 2.24) is 15.5 Å². The van der Waals surface area contributed by atoms with Crippen molar-refractivity contribution in [2.45, 2.75) is 95.0 Å². The van der Waals surface area contributed by atoms with Gasteiger partial charge in [0.1, 0.15) is 18.1 Å². The first-order chi connectivity index (χ1) is 26.4. The van der Waals surface area contributed by atoms with E-state index in [0.717, 1.165) is 24.4 Å². The number of aliphatic hydroxyl groups excluding tert-OH is 4. The lowest BCUT2D eigenvalue weighted by Gasteiger charge is -2.33. The van der Waals surface area contributed by atoms with E-state index in [-0.39, 0.29) is 32.2 Å². The molecule has 0 fully saturated rings. The van der Waals surface area contributed by atoms with Gasteiger partial charge in [0.15, 0.2) is 17.3 Å². The zero-order chi connectivity index (χ0) is 42.5. The highest BCUT2D eigenvalue weighted by Gasteiger charge is 2.38. The number of nitrogens with one attached hydrogen (secondary N) is 2. The van der Waals surface area contributed by atoms with Gasteiger partial charge < -0.3 is 58.3 Å². The lowest BCUT2D eigenvalue weighted by molar-refractivity contribution is -0.148. The molecule has 1 unspecified atom stereocenters. The van der Waals surface area contributed by atoms with Gasteiger partial charge in [-0.25, -0.2) is 0 Å². The molecular formula is C37H58N6O13. The van der Waals surface area contributed by atoms with Gasteiger partial charge in [-0.2, -0.15) is 0 Å². The lowest BCUT2D eigenvalue weighted by atomic mass is 9.90. The Morgan fingerprint density at radius 1 is 0.750 bits per heavy atom. The number of unbranched alkanes of at least 4 members (excludes halogenated alkanes) is 1. The number of amides is 4. The van der Waals surface area contributed by atoms with E-state index in [0.29, 0.717) is 12.8 Å². The SMILES string of the molecule is CC(O)[C@@H](C(=O)N[C@@H](CO)C(=O)C[C@@H](CCCCN)C(=O)N[C@@H](CO)C(=O)C[C@@H](Cc1ccccc1)C(N)=O)N(C)C(=O)[C@H](CCC(=O)O)CC(=O)[C@@H](N)CO. The number of carbonyl (C=O) groups is 8. The second-order valence-electron chi connectivity index (χ2n) is 13.8. The molecule has 4 amide bonds. The lowest BCUT2D eigenvalue weighted by Crippen LogP contribution is -2.58. The molecule has 0 saturated heterocycles. The van der Waals surface area contributed by atoms with Gasteiger partial charge in [-0.3, -0.25) is 38.4 Å². The number of carbonyl (C=O) groups excluding carboxylic acids is 7. The number of nitrogens with two attached hydrogens (primary N) is 3. The average Bonchev–Trinajstić information content (AvgIpc) is 3.15. The monoisotopic (exact) mass is 794 g/mol.